The first-order valence-corrected chi connectivity index (χ1v) is 11.5. The van der Waals surface area contributed by atoms with Crippen LogP contribution in [0.15, 0.2) is 71.3 Å². The van der Waals surface area contributed by atoms with Gasteiger partial charge in [-0.05, 0) is 62.4 Å². The van der Waals surface area contributed by atoms with Crippen molar-refractivity contribution in [2.75, 3.05) is 13.2 Å². The molecule has 1 aliphatic rings. The van der Waals surface area contributed by atoms with Crippen LogP contribution in [-0.4, -0.2) is 35.0 Å². The molecule has 1 unspecified atom stereocenters. The molecule has 1 N–H and O–H groups in total. The molecular weight excluding hydrogens is 418 g/mol. The van der Waals surface area contributed by atoms with Crippen molar-refractivity contribution < 1.29 is 23.8 Å². The monoisotopic (exact) mass is 447 g/mol. The minimum atomic E-state index is -0.761. The number of ether oxygens (including phenoxy) is 1. The van der Waals surface area contributed by atoms with Gasteiger partial charge in [0, 0.05) is 29.7 Å². The summed E-state index contributed by atoms with van der Waals surface area (Å²) >= 11 is 0. The summed E-state index contributed by atoms with van der Waals surface area (Å²) in [6.45, 7) is 1.25. The third-order valence-corrected chi connectivity index (χ3v) is 6.02. The van der Waals surface area contributed by atoms with Gasteiger partial charge in [0.2, 0.25) is 0 Å². The predicted molar refractivity (Wildman–Crippen MR) is 125 cm³/mol. The van der Waals surface area contributed by atoms with Crippen LogP contribution in [0.5, 0.6) is 5.75 Å². The van der Waals surface area contributed by atoms with E-state index in [0.717, 1.165) is 48.3 Å². The summed E-state index contributed by atoms with van der Waals surface area (Å²) in [6.07, 6.45) is 5.95. The summed E-state index contributed by atoms with van der Waals surface area (Å²) in [7, 11) is 0. The molecule has 0 saturated carbocycles. The van der Waals surface area contributed by atoms with Crippen LogP contribution >= 0.6 is 0 Å². The number of amides is 1. The number of nitrogens with zero attached hydrogens (tertiary/aromatic N) is 1. The Kier molecular flexibility index (Phi) is 7.45. The molecule has 172 valence electrons. The molecule has 6 nitrogen and oxygen atoms in total. The van der Waals surface area contributed by atoms with Crippen LogP contribution in [0.1, 0.15) is 60.5 Å². The standard InChI is InChI=1S/C27H29NO5/c29-26(30)12-2-1-5-18-33-25-10-4-3-8-22(25)23-9-6-17-28(23)27(31)21-15-13-20(14-16-21)24-11-7-19-32-24/h3-4,7-8,10-11,13-16,19,23H,1-2,5-6,9,12,17-18H2,(H,29,30). The fraction of sp³-hybridized carbons (Fsp3) is 0.333. The van der Waals surface area contributed by atoms with E-state index in [9.17, 15) is 9.59 Å². The van der Waals surface area contributed by atoms with E-state index in [2.05, 4.69) is 0 Å². The molecule has 33 heavy (non-hydrogen) atoms. The Hall–Kier alpha value is -3.54. The molecule has 2 aromatic carbocycles. The zero-order valence-corrected chi connectivity index (χ0v) is 18.6. The van der Waals surface area contributed by atoms with E-state index >= 15 is 0 Å². The Balaban J connectivity index is 1.41. The van der Waals surface area contributed by atoms with Gasteiger partial charge in [-0.2, -0.15) is 0 Å². The number of carboxylic acid groups (broad SMARTS) is 1. The number of benzene rings is 2. The lowest BCUT2D eigenvalue weighted by Crippen LogP contribution is -2.30. The zero-order valence-electron chi connectivity index (χ0n) is 18.6. The van der Waals surface area contributed by atoms with Crippen LogP contribution in [-0.2, 0) is 4.79 Å². The van der Waals surface area contributed by atoms with Crippen molar-refractivity contribution in [3.63, 3.8) is 0 Å². The second-order valence-electron chi connectivity index (χ2n) is 8.30. The van der Waals surface area contributed by atoms with Gasteiger partial charge in [0.05, 0.1) is 18.9 Å². The molecule has 0 bridgehead atoms. The molecule has 1 amide bonds. The first-order valence-electron chi connectivity index (χ1n) is 11.5. The smallest absolute Gasteiger partial charge is 0.303 e. The first-order chi connectivity index (χ1) is 16.1. The van der Waals surface area contributed by atoms with E-state index in [1.54, 1.807) is 6.26 Å². The summed E-state index contributed by atoms with van der Waals surface area (Å²) in [5, 5.41) is 8.75. The minimum Gasteiger partial charge on any atom is -0.493 e. The first kappa shape index (κ1) is 22.6. The van der Waals surface area contributed by atoms with Gasteiger partial charge in [-0.1, -0.05) is 30.3 Å². The van der Waals surface area contributed by atoms with Crippen molar-refractivity contribution in [3.8, 4) is 17.1 Å². The van der Waals surface area contributed by atoms with Crippen LogP contribution in [0.4, 0.5) is 0 Å². The Morgan fingerprint density at radius 1 is 1.00 bits per heavy atom. The number of likely N-dealkylation sites (tertiary alicyclic amines) is 1. The van der Waals surface area contributed by atoms with E-state index in [0.29, 0.717) is 25.1 Å². The van der Waals surface area contributed by atoms with Crippen LogP contribution in [0.3, 0.4) is 0 Å². The van der Waals surface area contributed by atoms with Crippen molar-refractivity contribution >= 4 is 11.9 Å². The van der Waals surface area contributed by atoms with Crippen molar-refractivity contribution in [2.45, 2.75) is 44.6 Å². The summed E-state index contributed by atoms with van der Waals surface area (Å²) in [5.74, 6) is 0.838. The number of carbonyl (C=O) groups is 2. The Labute approximate surface area is 193 Å². The molecular formula is C27H29NO5. The molecule has 3 aromatic rings. The van der Waals surface area contributed by atoms with Gasteiger partial charge >= 0.3 is 5.97 Å². The maximum Gasteiger partial charge on any atom is 0.303 e. The van der Waals surface area contributed by atoms with Gasteiger partial charge in [0.25, 0.3) is 5.91 Å². The highest BCUT2D eigenvalue weighted by atomic mass is 16.5. The molecule has 4 rings (SSSR count). The summed E-state index contributed by atoms with van der Waals surface area (Å²) in [5.41, 5.74) is 2.63. The average Bonchev–Trinajstić information content (AvgIpc) is 3.54. The maximum absolute atomic E-state index is 13.3. The average molecular weight is 448 g/mol. The second kappa shape index (κ2) is 10.9. The van der Waals surface area contributed by atoms with Crippen molar-refractivity contribution in [1.29, 1.82) is 0 Å². The van der Waals surface area contributed by atoms with Gasteiger partial charge in [-0.15, -0.1) is 0 Å². The third kappa shape index (κ3) is 5.64. The van der Waals surface area contributed by atoms with E-state index in [1.165, 1.54) is 0 Å². The molecule has 6 heteroatoms. The Bertz CT molecular complexity index is 1060. The second-order valence-corrected chi connectivity index (χ2v) is 8.30. The van der Waals surface area contributed by atoms with Crippen molar-refractivity contribution in [2.24, 2.45) is 0 Å². The summed E-state index contributed by atoms with van der Waals surface area (Å²) in [4.78, 5) is 25.9. The number of hydrogen-bond acceptors (Lipinski definition) is 4. The number of carbonyl (C=O) groups excluding carboxylic acids is 1. The predicted octanol–water partition coefficient (Wildman–Crippen LogP) is 5.95. The summed E-state index contributed by atoms with van der Waals surface area (Å²) < 4.78 is 11.5. The fourth-order valence-electron chi connectivity index (χ4n) is 4.34. The zero-order chi connectivity index (χ0) is 23.0. The molecule has 2 heterocycles. The highest BCUT2D eigenvalue weighted by molar-refractivity contribution is 5.95. The molecule has 1 fully saturated rings. The van der Waals surface area contributed by atoms with Crippen LogP contribution in [0.2, 0.25) is 0 Å². The number of para-hydroxylation sites is 1. The molecule has 0 radical (unpaired) electrons. The molecule has 0 spiro atoms. The number of rotatable bonds is 10. The van der Waals surface area contributed by atoms with Gasteiger partial charge in [-0.25, -0.2) is 0 Å². The van der Waals surface area contributed by atoms with Gasteiger partial charge in [-0.3, -0.25) is 9.59 Å². The Morgan fingerprint density at radius 2 is 1.82 bits per heavy atom. The van der Waals surface area contributed by atoms with Gasteiger partial charge in [0.15, 0.2) is 0 Å². The molecule has 1 saturated heterocycles. The molecule has 1 aliphatic heterocycles. The fourth-order valence-corrected chi connectivity index (χ4v) is 4.34. The topological polar surface area (TPSA) is 80.0 Å². The highest BCUT2D eigenvalue weighted by Crippen LogP contribution is 2.38. The lowest BCUT2D eigenvalue weighted by atomic mass is 10.0. The van der Waals surface area contributed by atoms with Crippen LogP contribution < -0.4 is 4.74 Å². The third-order valence-electron chi connectivity index (χ3n) is 6.02. The lowest BCUT2D eigenvalue weighted by Gasteiger charge is -2.27. The number of carboxylic acids is 1. The number of hydrogen-bond donors (Lipinski definition) is 1. The van der Waals surface area contributed by atoms with Gasteiger partial charge < -0.3 is 19.2 Å². The van der Waals surface area contributed by atoms with Crippen molar-refractivity contribution in [3.05, 3.63) is 78.1 Å². The van der Waals surface area contributed by atoms with E-state index in [-0.39, 0.29) is 18.4 Å². The molecule has 0 aliphatic carbocycles. The number of unbranched alkanes of at least 4 members (excludes halogenated alkanes) is 2. The normalized spacial score (nSPS) is 15.5. The largest absolute Gasteiger partial charge is 0.493 e. The van der Waals surface area contributed by atoms with Crippen molar-refractivity contribution in [1.82, 2.24) is 4.90 Å². The minimum absolute atomic E-state index is 0.0203. The Morgan fingerprint density at radius 3 is 2.58 bits per heavy atom. The van der Waals surface area contributed by atoms with Crippen LogP contribution in [0, 0.1) is 0 Å². The van der Waals surface area contributed by atoms with E-state index in [4.69, 9.17) is 14.3 Å². The number of aliphatic carboxylic acids is 1. The highest BCUT2D eigenvalue weighted by Gasteiger charge is 2.32. The van der Waals surface area contributed by atoms with Crippen LogP contribution in [0.25, 0.3) is 11.3 Å². The van der Waals surface area contributed by atoms with Gasteiger partial charge in [0.1, 0.15) is 11.5 Å². The quantitative estimate of drug-likeness (QED) is 0.389. The number of furan rings is 1. The lowest BCUT2D eigenvalue weighted by molar-refractivity contribution is -0.137. The molecule has 1 atom stereocenters. The summed E-state index contributed by atoms with van der Waals surface area (Å²) in [6, 6.07) is 19.2. The molecule has 1 aromatic heterocycles. The van der Waals surface area contributed by atoms with E-state index < -0.39 is 5.97 Å². The maximum atomic E-state index is 13.3. The SMILES string of the molecule is O=C(O)CCCCCOc1ccccc1C1CCCN1C(=O)c1ccc(-c2ccco2)cc1. The van der Waals surface area contributed by atoms with E-state index in [1.807, 2.05) is 65.6 Å².